The van der Waals surface area contributed by atoms with Crippen molar-refractivity contribution in [3.8, 4) is 11.3 Å². The predicted octanol–water partition coefficient (Wildman–Crippen LogP) is 3.80. The first-order chi connectivity index (χ1) is 14.9. The molecule has 0 aliphatic heterocycles. The molecule has 0 atom stereocenters. The Labute approximate surface area is 182 Å². The van der Waals surface area contributed by atoms with Crippen molar-refractivity contribution >= 4 is 32.9 Å². The second kappa shape index (κ2) is 8.76. The van der Waals surface area contributed by atoms with E-state index in [9.17, 15) is 18.4 Å². The summed E-state index contributed by atoms with van der Waals surface area (Å²) < 4.78 is 34.3. The molecule has 0 fully saturated rings. The molecule has 158 valence electrons. The summed E-state index contributed by atoms with van der Waals surface area (Å²) in [4.78, 5) is 29.1. The number of amides is 1. The minimum absolute atomic E-state index is 0.0120. The monoisotopic (exact) mass is 488 g/mol. The van der Waals surface area contributed by atoms with Gasteiger partial charge in [-0.15, -0.1) is 0 Å². The summed E-state index contributed by atoms with van der Waals surface area (Å²) in [5.74, 6) is -1.86. The second-order valence-electron chi connectivity index (χ2n) is 6.77. The van der Waals surface area contributed by atoms with Crippen molar-refractivity contribution in [2.45, 2.75) is 19.5 Å². The highest BCUT2D eigenvalue weighted by Crippen LogP contribution is 2.25. The summed E-state index contributed by atoms with van der Waals surface area (Å²) in [7, 11) is 0. The van der Waals surface area contributed by atoms with Crippen LogP contribution in [0.15, 0.2) is 62.6 Å². The third kappa shape index (κ3) is 4.69. The molecular formula is C21H15BrF2N4O3. The number of hydrogen-bond donors (Lipinski definition) is 1. The van der Waals surface area contributed by atoms with Gasteiger partial charge in [0, 0.05) is 35.6 Å². The predicted molar refractivity (Wildman–Crippen MR) is 112 cm³/mol. The minimum atomic E-state index is -0.808. The summed E-state index contributed by atoms with van der Waals surface area (Å²) in [6.07, 6.45) is 1.28. The molecule has 0 saturated heterocycles. The van der Waals surface area contributed by atoms with Gasteiger partial charge in [0.25, 0.3) is 11.3 Å². The van der Waals surface area contributed by atoms with E-state index in [0.29, 0.717) is 6.54 Å². The molecule has 1 N–H and O–H groups in total. The standard InChI is InChI=1S/C21H15BrF2N4O3/c22-14-3-1-2-12(6-14)10-25-17(29)4-5-28-11-26-20-18(21(28)30)19(27-31-20)13-7-15(23)9-16(24)8-13/h1-3,6-9,11H,4-5,10H2,(H,25,29). The molecule has 0 saturated carbocycles. The van der Waals surface area contributed by atoms with Crippen molar-refractivity contribution < 1.29 is 18.1 Å². The first-order valence-corrected chi connectivity index (χ1v) is 10.0. The summed E-state index contributed by atoms with van der Waals surface area (Å²) in [6, 6.07) is 10.3. The van der Waals surface area contributed by atoms with E-state index in [4.69, 9.17) is 4.52 Å². The van der Waals surface area contributed by atoms with Crippen molar-refractivity contribution in [3.63, 3.8) is 0 Å². The van der Waals surface area contributed by atoms with Gasteiger partial charge in [-0.25, -0.2) is 13.8 Å². The lowest BCUT2D eigenvalue weighted by Gasteiger charge is -2.07. The fourth-order valence-electron chi connectivity index (χ4n) is 3.09. The molecular weight excluding hydrogens is 474 g/mol. The van der Waals surface area contributed by atoms with Crippen LogP contribution < -0.4 is 10.9 Å². The van der Waals surface area contributed by atoms with E-state index in [-0.39, 0.29) is 41.2 Å². The largest absolute Gasteiger partial charge is 0.352 e. The summed E-state index contributed by atoms with van der Waals surface area (Å²) in [5.41, 5.74) is 0.393. The van der Waals surface area contributed by atoms with E-state index >= 15 is 0 Å². The second-order valence-corrected chi connectivity index (χ2v) is 7.68. The summed E-state index contributed by atoms with van der Waals surface area (Å²) >= 11 is 3.37. The van der Waals surface area contributed by atoms with E-state index in [1.54, 1.807) is 0 Å². The Balaban J connectivity index is 1.51. The number of rotatable bonds is 6. The number of fused-ring (bicyclic) bond motifs is 1. The molecule has 0 aliphatic carbocycles. The van der Waals surface area contributed by atoms with Gasteiger partial charge < -0.3 is 9.84 Å². The highest BCUT2D eigenvalue weighted by Gasteiger charge is 2.18. The maximum absolute atomic E-state index is 13.6. The van der Waals surface area contributed by atoms with Crippen molar-refractivity contribution in [2.24, 2.45) is 0 Å². The number of nitrogens with one attached hydrogen (secondary N) is 1. The summed E-state index contributed by atoms with van der Waals surface area (Å²) in [6.45, 7) is 0.416. The molecule has 0 radical (unpaired) electrons. The fraction of sp³-hybridized carbons (Fsp3) is 0.143. The minimum Gasteiger partial charge on any atom is -0.352 e. The third-order valence-corrected chi connectivity index (χ3v) is 5.05. The molecule has 2 aromatic heterocycles. The lowest BCUT2D eigenvalue weighted by Crippen LogP contribution is -2.27. The summed E-state index contributed by atoms with van der Waals surface area (Å²) in [5, 5.41) is 6.52. The van der Waals surface area contributed by atoms with E-state index in [1.807, 2.05) is 24.3 Å². The lowest BCUT2D eigenvalue weighted by atomic mass is 10.1. The Kier molecular flexibility index (Phi) is 5.90. The Morgan fingerprint density at radius 1 is 1.16 bits per heavy atom. The SMILES string of the molecule is O=C(CCn1cnc2onc(-c3cc(F)cc(F)c3)c2c1=O)NCc1cccc(Br)c1. The first kappa shape index (κ1) is 20.9. The van der Waals surface area contributed by atoms with Crippen LogP contribution in [0.25, 0.3) is 22.4 Å². The number of hydrogen-bond acceptors (Lipinski definition) is 5. The first-order valence-electron chi connectivity index (χ1n) is 9.23. The molecule has 4 rings (SSSR count). The Hall–Kier alpha value is -3.40. The number of benzene rings is 2. The number of nitrogens with zero attached hydrogens (tertiary/aromatic N) is 3. The van der Waals surface area contributed by atoms with Gasteiger partial charge >= 0.3 is 0 Å². The number of carbonyl (C=O) groups excluding carboxylic acids is 1. The van der Waals surface area contributed by atoms with E-state index < -0.39 is 17.2 Å². The van der Waals surface area contributed by atoms with Crippen LogP contribution in [0.3, 0.4) is 0 Å². The molecule has 2 aromatic carbocycles. The van der Waals surface area contributed by atoms with Gasteiger partial charge in [-0.1, -0.05) is 33.2 Å². The molecule has 10 heteroatoms. The number of aryl methyl sites for hydroxylation is 1. The Morgan fingerprint density at radius 2 is 1.94 bits per heavy atom. The number of aromatic nitrogens is 3. The van der Waals surface area contributed by atoms with Crippen LogP contribution in [0.1, 0.15) is 12.0 Å². The van der Waals surface area contributed by atoms with Gasteiger partial charge in [-0.2, -0.15) is 0 Å². The normalized spacial score (nSPS) is 11.1. The van der Waals surface area contributed by atoms with Gasteiger partial charge in [0.2, 0.25) is 5.91 Å². The van der Waals surface area contributed by atoms with Crippen LogP contribution in [-0.4, -0.2) is 20.6 Å². The van der Waals surface area contributed by atoms with Crippen LogP contribution in [0, 0.1) is 11.6 Å². The molecule has 0 spiro atoms. The van der Waals surface area contributed by atoms with Crippen molar-refractivity contribution in [3.05, 3.63) is 80.8 Å². The van der Waals surface area contributed by atoms with Crippen LogP contribution in [-0.2, 0) is 17.9 Å². The van der Waals surface area contributed by atoms with E-state index in [0.717, 1.165) is 28.2 Å². The fourth-order valence-corrected chi connectivity index (χ4v) is 3.53. The van der Waals surface area contributed by atoms with Crippen molar-refractivity contribution in [1.29, 1.82) is 0 Å². The number of halogens is 3. The quantitative estimate of drug-likeness (QED) is 0.445. The smallest absolute Gasteiger partial charge is 0.266 e. The molecule has 4 aromatic rings. The zero-order chi connectivity index (χ0) is 22.0. The van der Waals surface area contributed by atoms with E-state index in [2.05, 4.69) is 31.4 Å². The highest BCUT2D eigenvalue weighted by atomic mass is 79.9. The van der Waals surface area contributed by atoms with Crippen molar-refractivity contribution in [2.75, 3.05) is 0 Å². The highest BCUT2D eigenvalue weighted by molar-refractivity contribution is 9.10. The maximum atomic E-state index is 13.6. The Bertz CT molecular complexity index is 1320. The van der Waals surface area contributed by atoms with E-state index in [1.165, 1.54) is 10.9 Å². The van der Waals surface area contributed by atoms with Gasteiger partial charge in [-0.3, -0.25) is 14.2 Å². The van der Waals surface area contributed by atoms with Crippen LogP contribution in [0.2, 0.25) is 0 Å². The topological polar surface area (TPSA) is 90.0 Å². The molecule has 0 bridgehead atoms. The van der Waals surface area contributed by atoms with Crippen LogP contribution >= 0.6 is 15.9 Å². The van der Waals surface area contributed by atoms with Crippen molar-refractivity contribution in [1.82, 2.24) is 20.0 Å². The van der Waals surface area contributed by atoms with Crippen LogP contribution in [0.5, 0.6) is 0 Å². The van der Waals surface area contributed by atoms with Crippen LogP contribution in [0.4, 0.5) is 8.78 Å². The zero-order valence-corrected chi connectivity index (χ0v) is 17.5. The molecule has 0 aliphatic rings. The molecule has 7 nitrogen and oxygen atoms in total. The van der Waals surface area contributed by atoms with Gasteiger partial charge in [0.15, 0.2) is 0 Å². The average Bonchev–Trinajstić information content (AvgIpc) is 3.16. The van der Waals surface area contributed by atoms with Gasteiger partial charge in [-0.05, 0) is 29.8 Å². The van der Waals surface area contributed by atoms with Gasteiger partial charge in [0.1, 0.15) is 29.0 Å². The molecule has 2 heterocycles. The number of carbonyl (C=O) groups is 1. The Morgan fingerprint density at radius 3 is 2.68 bits per heavy atom. The maximum Gasteiger partial charge on any atom is 0.266 e. The third-order valence-electron chi connectivity index (χ3n) is 4.56. The molecule has 1 amide bonds. The molecule has 31 heavy (non-hydrogen) atoms. The zero-order valence-electron chi connectivity index (χ0n) is 15.9. The average molecular weight is 489 g/mol. The molecule has 0 unspecified atom stereocenters. The lowest BCUT2D eigenvalue weighted by molar-refractivity contribution is -0.121. The van der Waals surface area contributed by atoms with Gasteiger partial charge in [0.05, 0.1) is 0 Å².